The molecule has 1 saturated heterocycles. The summed E-state index contributed by atoms with van der Waals surface area (Å²) in [6.07, 6.45) is 7.68. The monoisotopic (exact) mass is 397 g/mol. The number of rotatable bonds is 5. The molecular weight excluding hydrogens is 374 g/mol. The van der Waals surface area contributed by atoms with Gasteiger partial charge in [0.25, 0.3) is 0 Å². The van der Waals surface area contributed by atoms with Crippen LogP contribution < -0.4 is 9.80 Å². The summed E-state index contributed by atoms with van der Waals surface area (Å²) in [5.41, 5.74) is 3.78. The van der Waals surface area contributed by atoms with Gasteiger partial charge in [-0.2, -0.15) is 0 Å². The number of benzene rings is 1. The molecule has 6 heteroatoms. The van der Waals surface area contributed by atoms with E-state index in [2.05, 4.69) is 50.1 Å². The summed E-state index contributed by atoms with van der Waals surface area (Å²) in [5, 5.41) is 0. The fraction of sp³-hybridized carbons (Fsp3) is 0.208. The van der Waals surface area contributed by atoms with Crippen LogP contribution in [0.1, 0.15) is 15.9 Å². The van der Waals surface area contributed by atoms with Crippen molar-refractivity contribution in [2.75, 3.05) is 36.0 Å². The third kappa shape index (κ3) is 3.76. The molecule has 0 bridgehead atoms. The first-order chi connectivity index (χ1) is 14.8. The highest BCUT2D eigenvalue weighted by Crippen LogP contribution is 2.20. The Kier molecular flexibility index (Phi) is 4.89. The third-order valence-electron chi connectivity index (χ3n) is 5.63. The minimum atomic E-state index is 0.113. The van der Waals surface area contributed by atoms with Crippen LogP contribution in [-0.4, -0.2) is 46.3 Å². The number of ketones is 1. The fourth-order valence-electron chi connectivity index (χ4n) is 3.93. The predicted molar refractivity (Wildman–Crippen MR) is 118 cm³/mol. The number of carbonyl (C=O) groups excluding carboxylic acids is 1. The second-order valence-corrected chi connectivity index (χ2v) is 7.54. The van der Waals surface area contributed by atoms with E-state index in [4.69, 9.17) is 0 Å². The number of hydrogen-bond acceptors (Lipinski definition) is 5. The van der Waals surface area contributed by atoms with E-state index in [9.17, 15) is 4.79 Å². The number of aromatic nitrogens is 3. The Hall–Kier alpha value is -3.67. The zero-order valence-electron chi connectivity index (χ0n) is 16.7. The number of hydrogen-bond donors (Lipinski definition) is 0. The van der Waals surface area contributed by atoms with Gasteiger partial charge in [-0.25, -0.2) is 9.97 Å². The van der Waals surface area contributed by atoms with Crippen molar-refractivity contribution in [3.05, 3.63) is 90.5 Å². The Morgan fingerprint density at radius 3 is 2.40 bits per heavy atom. The molecule has 4 aromatic rings. The minimum absolute atomic E-state index is 0.113. The van der Waals surface area contributed by atoms with Crippen molar-refractivity contribution in [2.45, 2.75) is 6.42 Å². The number of Topliss-reactive ketones (excluding diaryl/α,β-unsaturated/α-hetero) is 1. The van der Waals surface area contributed by atoms with E-state index in [0.717, 1.165) is 43.2 Å². The number of piperazine rings is 1. The molecule has 4 heterocycles. The summed E-state index contributed by atoms with van der Waals surface area (Å²) in [5.74, 6) is 1.15. The Morgan fingerprint density at radius 2 is 1.63 bits per heavy atom. The van der Waals surface area contributed by atoms with Gasteiger partial charge in [0.2, 0.25) is 0 Å². The molecule has 0 saturated carbocycles. The molecule has 1 fully saturated rings. The molecule has 0 N–H and O–H groups in total. The molecule has 3 aromatic heterocycles. The molecule has 1 aromatic carbocycles. The molecule has 0 radical (unpaired) electrons. The van der Waals surface area contributed by atoms with Crippen LogP contribution in [0.2, 0.25) is 0 Å². The minimum Gasteiger partial charge on any atom is -0.368 e. The smallest absolute Gasteiger partial charge is 0.168 e. The van der Waals surface area contributed by atoms with Crippen molar-refractivity contribution in [1.82, 2.24) is 14.4 Å². The number of nitrogens with zero attached hydrogens (tertiary/aromatic N) is 5. The van der Waals surface area contributed by atoms with Crippen LogP contribution in [0.4, 0.5) is 11.5 Å². The van der Waals surface area contributed by atoms with Gasteiger partial charge in [0, 0.05) is 68.6 Å². The van der Waals surface area contributed by atoms with Gasteiger partial charge in [-0.15, -0.1) is 0 Å². The molecule has 150 valence electrons. The molecule has 0 amide bonds. The van der Waals surface area contributed by atoms with Gasteiger partial charge >= 0.3 is 0 Å². The van der Waals surface area contributed by atoms with E-state index in [1.165, 1.54) is 5.69 Å². The van der Waals surface area contributed by atoms with E-state index >= 15 is 0 Å². The normalized spacial score (nSPS) is 14.3. The zero-order chi connectivity index (χ0) is 20.3. The quantitative estimate of drug-likeness (QED) is 0.483. The van der Waals surface area contributed by atoms with Gasteiger partial charge in [-0.3, -0.25) is 4.79 Å². The second-order valence-electron chi connectivity index (χ2n) is 7.54. The summed E-state index contributed by atoms with van der Waals surface area (Å²) >= 11 is 0. The number of fused-ring (bicyclic) bond motifs is 1. The first-order valence-corrected chi connectivity index (χ1v) is 10.2. The second kappa shape index (κ2) is 7.99. The van der Waals surface area contributed by atoms with Crippen molar-refractivity contribution in [3.63, 3.8) is 0 Å². The highest BCUT2D eigenvalue weighted by atomic mass is 16.1. The van der Waals surface area contributed by atoms with Gasteiger partial charge in [0.15, 0.2) is 5.78 Å². The summed E-state index contributed by atoms with van der Waals surface area (Å²) in [6.45, 7) is 3.82. The van der Waals surface area contributed by atoms with Gasteiger partial charge in [0.05, 0.1) is 0 Å². The van der Waals surface area contributed by atoms with E-state index in [-0.39, 0.29) is 5.78 Å². The van der Waals surface area contributed by atoms with Crippen LogP contribution in [0.15, 0.2) is 79.4 Å². The van der Waals surface area contributed by atoms with Crippen LogP contribution in [0.3, 0.4) is 0 Å². The van der Waals surface area contributed by atoms with Crippen LogP contribution in [0, 0.1) is 0 Å². The summed E-state index contributed by atoms with van der Waals surface area (Å²) in [4.78, 5) is 26.1. The molecular formula is C24H23N5O. The first kappa shape index (κ1) is 18.4. The zero-order valence-corrected chi connectivity index (χ0v) is 16.7. The fourth-order valence-corrected chi connectivity index (χ4v) is 3.93. The van der Waals surface area contributed by atoms with Crippen molar-refractivity contribution in [1.29, 1.82) is 0 Å². The first-order valence-electron chi connectivity index (χ1n) is 10.2. The summed E-state index contributed by atoms with van der Waals surface area (Å²) in [6, 6.07) is 18.1. The number of anilines is 2. The highest BCUT2D eigenvalue weighted by molar-refractivity contribution is 5.97. The van der Waals surface area contributed by atoms with E-state index < -0.39 is 0 Å². The third-order valence-corrected chi connectivity index (χ3v) is 5.63. The molecule has 0 atom stereocenters. The van der Waals surface area contributed by atoms with E-state index in [0.29, 0.717) is 12.0 Å². The molecule has 30 heavy (non-hydrogen) atoms. The largest absolute Gasteiger partial charge is 0.368 e. The van der Waals surface area contributed by atoms with Crippen LogP contribution in [-0.2, 0) is 6.42 Å². The Labute approximate surface area is 175 Å². The lowest BCUT2D eigenvalue weighted by atomic mass is 10.0. The van der Waals surface area contributed by atoms with Crippen LogP contribution >= 0.6 is 0 Å². The average molecular weight is 397 g/mol. The Balaban J connectivity index is 1.21. The molecule has 0 spiro atoms. The standard InChI is InChI=1S/C24H23N5O/c30-22(20-6-9-24-26-11-12-29(24)18-20)17-19-4-7-21(8-5-19)27-13-15-28(16-14-27)23-3-1-2-10-25-23/h1-12,18H,13-17H2. The molecule has 6 nitrogen and oxygen atoms in total. The SMILES string of the molecule is O=C(Cc1ccc(N2CCN(c3ccccn3)CC2)cc1)c1ccc2nccn2c1. The van der Waals surface area contributed by atoms with Gasteiger partial charge in [0.1, 0.15) is 11.5 Å². The Morgan fingerprint density at radius 1 is 0.833 bits per heavy atom. The lowest BCUT2D eigenvalue weighted by Crippen LogP contribution is -2.46. The van der Waals surface area contributed by atoms with Crippen molar-refractivity contribution in [3.8, 4) is 0 Å². The summed E-state index contributed by atoms with van der Waals surface area (Å²) < 4.78 is 1.88. The lowest BCUT2D eigenvalue weighted by molar-refractivity contribution is 0.0992. The highest BCUT2D eigenvalue weighted by Gasteiger charge is 2.18. The Bertz CT molecular complexity index is 1150. The van der Waals surface area contributed by atoms with Gasteiger partial charge < -0.3 is 14.2 Å². The number of carbonyl (C=O) groups is 1. The molecule has 5 rings (SSSR count). The summed E-state index contributed by atoms with van der Waals surface area (Å²) in [7, 11) is 0. The van der Waals surface area contributed by atoms with Crippen LogP contribution in [0.5, 0.6) is 0 Å². The lowest BCUT2D eigenvalue weighted by Gasteiger charge is -2.36. The average Bonchev–Trinajstić information content (AvgIpc) is 3.28. The topological polar surface area (TPSA) is 53.7 Å². The van der Waals surface area contributed by atoms with Gasteiger partial charge in [-0.05, 0) is 42.0 Å². The van der Waals surface area contributed by atoms with Crippen LogP contribution in [0.25, 0.3) is 5.65 Å². The molecule has 0 aliphatic carbocycles. The van der Waals surface area contributed by atoms with Gasteiger partial charge in [-0.1, -0.05) is 18.2 Å². The maximum Gasteiger partial charge on any atom is 0.168 e. The molecule has 1 aliphatic rings. The van der Waals surface area contributed by atoms with Crippen molar-refractivity contribution in [2.24, 2.45) is 0 Å². The molecule has 1 aliphatic heterocycles. The maximum absolute atomic E-state index is 12.7. The number of imidazole rings is 1. The van der Waals surface area contributed by atoms with E-state index in [1.54, 1.807) is 6.20 Å². The number of pyridine rings is 2. The van der Waals surface area contributed by atoms with Crippen molar-refractivity contribution < 1.29 is 4.79 Å². The predicted octanol–water partition coefficient (Wildman–Crippen LogP) is 3.48. The molecule has 0 unspecified atom stereocenters. The maximum atomic E-state index is 12.7. The van der Waals surface area contributed by atoms with E-state index in [1.807, 2.05) is 47.3 Å². The van der Waals surface area contributed by atoms with Crippen molar-refractivity contribution >= 4 is 22.9 Å².